The van der Waals surface area contributed by atoms with Crippen molar-refractivity contribution in [2.24, 2.45) is 0 Å². The van der Waals surface area contributed by atoms with Crippen molar-refractivity contribution in [2.75, 3.05) is 19.7 Å². The third kappa shape index (κ3) is 4.91. The van der Waals surface area contributed by atoms with E-state index in [1.54, 1.807) is 0 Å². The maximum atomic E-state index is 11.4. The highest BCUT2D eigenvalue weighted by atomic mass is 16.5. The molecule has 0 radical (unpaired) electrons. The van der Waals surface area contributed by atoms with Gasteiger partial charge in [0.1, 0.15) is 12.4 Å². The summed E-state index contributed by atoms with van der Waals surface area (Å²) in [5.41, 5.74) is 2.11. The highest BCUT2D eigenvalue weighted by molar-refractivity contribution is 6.35. The van der Waals surface area contributed by atoms with Gasteiger partial charge in [-0.2, -0.15) is 0 Å². The molecule has 1 aromatic carbocycles. The van der Waals surface area contributed by atoms with Crippen molar-refractivity contribution < 1.29 is 14.3 Å². The van der Waals surface area contributed by atoms with Crippen molar-refractivity contribution in [3.05, 3.63) is 29.3 Å². The fourth-order valence-corrected chi connectivity index (χ4v) is 1.74. The van der Waals surface area contributed by atoms with Gasteiger partial charge in [0.25, 0.3) is 0 Å². The maximum absolute atomic E-state index is 11.4. The molecule has 0 unspecified atom stereocenters. The van der Waals surface area contributed by atoms with Crippen LogP contribution < -0.4 is 15.4 Å². The average Bonchev–Trinajstić information content (AvgIpc) is 2.43. The van der Waals surface area contributed by atoms with E-state index in [9.17, 15) is 9.59 Å². The molecule has 0 spiro atoms. The van der Waals surface area contributed by atoms with Gasteiger partial charge in [0.05, 0.1) is 6.54 Å². The summed E-state index contributed by atoms with van der Waals surface area (Å²) in [6.45, 7) is 7.00. The van der Waals surface area contributed by atoms with Gasteiger partial charge in [-0.25, -0.2) is 0 Å². The number of aryl methyl sites for hydroxylation is 2. The third-order valence-corrected chi connectivity index (χ3v) is 2.78. The third-order valence-electron chi connectivity index (χ3n) is 2.78. The number of hydrogen-bond donors (Lipinski definition) is 2. The molecule has 0 aliphatic carbocycles. The fourth-order valence-electron chi connectivity index (χ4n) is 1.74. The van der Waals surface area contributed by atoms with Crippen LogP contribution in [0.5, 0.6) is 5.75 Å². The summed E-state index contributed by atoms with van der Waals surface area (Å²) in [4.78, 5) is 22.7. The van der Waals surface area contributed by atoms with Crippen molar-refractivity contribution in [3.8, 4) is 5.75 Å². The molecule has 0 atom stereocenters. The van der Waals surface area contributed by atoms with Crippen LogP contribution in [0, 0.1) is 13.8 Å². The van der Waals surface area contributed by atoms with Crippen LogP contribution in [0.4, 0.5) is 0 Å². The average molecular weight is 278 g/mol. The second-order valence-corrected chi connectivity index (χ2v) is 4.58. The highest BCUT2D eigenvalue weighted by Gasteiger charge is 2.11. The Bertz CT molecular complexity index is 452. The molecule has 0 aliphatic rings. The Morgan fingerprint density at radius 1 is 1.05 bits per heavy atom. The second-order valence-electron chi connectivity index (χ2n) is 4.58. The normalized spacial score (nSPS) is 9.95. The zero-order valence-electron chi connectivity index (χ0n) is 12.3. The molecule has 0 aliphatic heterocycles. The molecule has 0 fully saturated rings. The van der Waals surface area contributed by atoms with Gasteiger partial charge in [-0.1, -0.05) is 25.1 Å². The maximum Gasteiger partial charge on any atom is 0.309 e. The Labute approximate surface area is 119 Å². The minimum Gasteiger partial charge on any atom is -0.491 e. The minimum absolute atomic E-state index is 0.298. The quantitative estimate of drug-likeness (QED) is 0.609. The number of para-hydroxylation sites is 1. The van der Waals surface area contributed by atoms with Crippen molar-refractivity contribution in [1.82, 2.24) is 10.6 Å². The van der Waals surface area contributed by atoms with E-state index >= 15 is 0 Å². The molecule has 20 heavy (non-hydrogen) atoms. The van der Waals surface area contributed by atoms with Crippen LogP contribution in [0.15, 0.2) is 18.2 Å². The second kappa shape index (κ2) is 8.19. The SMILES string of the molecule is CCCNC(=O)C(=O)NCCOc1c(C)cccc1C. The Morgan fingerprint density at radius 2 is 1.60 bits per heavy atom. The molecule has 2 amide bonds. The van der Waals surface area contributed by atoms with Crippen LogP contribution in [0.3, 0.4) is 0 Å². The topological polar surface area (TPSA) is 67.4 Å². The van der Waals surface area contributed by atoms with E-state index in [-0.39, 0.29) is 0 Å². The fraction of sp³-hybridized carbons (Fsp3) is 0.467. The first kappa shape index (κ1) is 16.0. The van der Waals surface area contributed by atoms with Crippen molar-refractivity contribution in [3.63, 3.8) is 0 Å². The Balaban J connectivity index is 2.31. The Kier molecular flexibility index (Phi) is 6.56. The molecule has 0 heterocycles. The predicted molar refractivity (Wildman–Crippen MR) is 77.7 cm³/mol. The van der Waals surface area contributed by atoms with Crippen molar-refractivity contribution in [1.29, 1.82) is 0 Å². The molecule has 0 bridgehead atoms. The summed E-state index contributed by atoms with van der Waals surface area (Å²) in [7, 11) is 0. The molecular weight excluding hydrogens is 256 g/mol. The number of ether oxygens (including phenoxy) is 1. The molecule has 0 saturated heterocycles. The van der Waals surface area contributed by atoms with Gasteiger partial charge < -0.3 is 15.4 Å². The van der Waals surface area contributed by atoms with E-state index < -0.39 is 11.8 Å². The molecule has 5 nitrogen and oxygen atoms in total. The molecule has 1 aromatic rings. The van der Waals surface area contributed by atoms with Gasteiger partial charge in [0.15, 0.2) is 0 Å². The van der Waals surface area contributed by atoms with Crippen molar-refractivity contribution in [2.45, 2.75) is 27.2 Å². The van der Waals surface area contributed by atoms with E-state index in [1.165, 1.54) is 0 Å². The predicted octanol–water partition coefficient (Wildman–Crippen LogP) is 1.32. The first-order valence-corrected chi connectivity index (χ1v) is 6.81. The van der Waals surface area contributed by atoms with Crippen molar-refractivity contribution >= 4 is 11.8 Å². The van der Waals surface area contributed by atoms with Gasteiger partial charge in [0, 0.05) is 6.54 Å². The lowest BCUT2D eigenvalue weighted by Crippen LogP contribution is -2.41. The van der Waals surface area contributed by atoms with E-state index in [0.29, 0.717) is 19.7 Å². The highest BCUT2D eigenvalue weighted by Crippen LogP contribution is 2.21. The number of carbonyl (C=O) groups is 2. The molecule has 5 heteroatoms. The molecule has 1 rings (SSSR count). The van der Waals surface area contributed by atoms with E-state index in [4.69, 9.17) is 4.74 Å². The Morgan fingerprint density at radius 3 is 2.15 bits per heavy atom. The molecule has 0 saturated carbocycles. The molecular formula is C15H22N2O3. The standard InChI is InChI=1S/C15H22N2O3/c1-4-8-16-14(18)15(19)17-9-10-20-13-11(2)6-5-7-12(13)3/h5-7H,4,8-10H2,1-3H3,(H,16,18)(H,17,19). The number of carbonyl (C=O) groups excluding carboxylic acids is 2. The number of hydrogen-bond acceptors (Lipinski definition) is 3. The monoisotopic (exact) mass is 278 g/mol. The van der Waals surface area contributed by atoms with Crippen LogP contribution in [0.25, 0.3) is 0 Å². The van der Waals surface area contributed by atoms with Crippen LogP contribution in [0.2, 0.25) is 0 Å². The number of rotatable bonds is 6. The van der Waals surface area contributed by atoms with Gasteiger partial charge in [-0.15, -0.1) is 0 Å². The van der Waals surface area contributed by atoms with Gasteiger partial charge in [-0.05, 0) is 31.4 Å². The Hall–Kier alpha value is -2.04. The number of benzene rings is 1. The van der Waals surface area contributed by atoms with Crippen LogP contribution in [-0.2, 0) is 9.59 Å². The molecule has 110 valence electrons. The van der Waals surface area contributed by atoms with Gasteiger partial charge >= 0.3 is 11.8 Å². The largest absolute Gasteiger partial charge is 0.491 e. The van der Waals surface area contributed by atoms with E-state index in [1.807, 2.05) is 39.0 Å². The molecule has 0 aromatic heterocycles. The summed E-state index contributed by atoms with van der Waals surface area (Å²) in [5.74, 6) is -0.389. The van der Waals surface area contributed by atoms with Crippen LogP contribution in [0.1, 0.15) is 24.5 Å². The van der Waals surface area contributed by atoms with Crippen LogP contribution in [-0.4, -0.2) is 31.5 Å². The van der Waals surface area contributed by atoms with E-state index in [0.717, 1.165) is 23.3 Å². The van der Waals surface area contributed by atoms with E-state index in [2.05, 4.69) is 10.6 Å². The zero-order valence-corrected chi connectivity index (χ0v) is 12.3. The first-order valence-electron chi connectivity index (χ1n) is 6.81. The lowest BCUT2D eigenvalue weighted by molar-refractivity contribution is -0.139. The summed E-state index contributed by atoms with van der Waals surface area (Å²) in [5, 5.41) is 5.04. The van der Waals surface area contributed by atoms with Crippen LogP contribution >= 0.6 is 0 Å². The minimum atomic E-state index is -0.622. The summed E-state index contributed by atoms with van der Waals surface area (Å²) < 4.78 is 5.63. The summed E-state index contributed by atoms with van der Waals surface area (Å²) >= 11 is 0. The first-order chi connectivity index (χ1) is 9.56. The number of nitrogens with one attached hydrogen (secondary N) is 2. The lowest BCUT2D eigenvalue weighted by atomic mass is 10.1. The van der Waals surface area contributed by atoms with Gasteiger partial charge in [-0.3, -0.25) is 9.59 Å². The summed E-state index contributed by atoms with van der Waals surface area (Å²) in [6, 6.07) is 5.91. The lowest BCUT2D eigenvalue weighted by Gasteiger charge is -2.12. The number of amides is 2. The smallest absolute Gasteiger partial charge is 0.309 e. The zero-order chi connectivity index (χ0) is 15.0. The summed E-state index contributed by atoms with van der Waals surface area (Å²) in [6.07, 6.45) is 0.800. The molecule has 2 N–H and O–H groups in total. The van der Waals surface area contributed by atoms with Gasteiger partial charge in [0.2, 0.25) is 0 Å².